The monoisotopic (exact) mass is 196 g/mol. The molecule has 0 spiro atoms. The van der Waals surface area contributed by atoms with E-state index in [1.165, 1.54) is 6.92 Å². The molecule has 0 aromatic rings. The van der Waals surface area contributed by atoms with Crippen LogP contribution in [0.3, 0.4) is 0 Å². The maximum absolute atomic E-state index is 10.6. The molecule has 1 atom stereocenters. The first-order chi connectivity index (χ1) is 6.75. The molecule has 76 valence electrons. The molecule has 0 aromatic carbocycles. The zero-order chi connectivity index (χ0) is 9.97. The number of allylic oxidation sites excluding steroid dienone is 1. The van der Waals surface area contributed by atoms with Crippen molar-refractivity contribution < 1.29 is 19.0 Å². The third-order valence-corrected chi connectivity index (χ3v) is 2.17. The second kappa shape index (κ2) is 3.74. The molecule has 1 fully saturated rings. The quantitative estimate of drug-likeness (QED) is 0.625. The first kappa shape index (κ1) is 9.12. The third kappa shape index (κ3) is 1.89. The van der Waals surface area contributed by atoms with Crippen LogP contribution < -0.4 is 0 Å². The Kier molecular flexibility index (Phi) is 2.43. The number of carbonyl (C=O) groups excluding carboxylic acids is 1. The topological polar surface area (TPSA) is 44.8 Å². The molecule has 0 N–H and O–H groups in total. The van der Waals surface area contributed by atoms with Gasteiger partial charge in [0.1, 0.15) is 0 Å². The molecule has 2 aliphatic rings. The standard InChI is InChI=1S/C10H12O4/c1-7(11)12-5-8-2-3-9-10(4-8)14-6-13-9/h3-4,8H,2,5-6H2,1H3. The van der Waals surface area contributed by atoms with E-state index >= 15 is 0 Å². The van der Waals surface area contributed by atoms with E-state index in [4.69, 9.17) is 14.2 Å². The fourth-order valence-corrected chi connectivity index (χ4v) is 1.47. The van der Waals surface area contributed by atoms with Crippen molar-refractivity contribution in [2.24, 2.45) is 5.92 Å². The molecule has 1 aliphatic heterocycles. The van der Waals surface area contributed by atoms with Crippen molar-refractivity contribution in [3.8, 4) is 0 Å². The van der Waals surface area contributed by atoms with Crippen LogP contribution in [0.15, 0.2) is 23.7 Å². The Morgan fingerprint density at radius 2 is 2.36 bits per heavy atom. The van der Waals surface area contributed by atoms with Crippen molar-refractivity contribution in [1.29, 1.82) is 0 Å². The molecule has 1 unspecified atom stereocenters. The van der Waals surface area contributed by atoms with E-state index in [-0.39, 0.29) is 18.7 Å². The van der Waals surface area contributed by atoms with Gasteiger partial charge in [0, 0.05) is 12.8 Å². The number of hydrogen-bond donors (Lipinski definition) is 0. The van der Waals surface area contributed by atoms with Crippen LogP contribution in [-0.4, -0.2) is 19.4 Å². The van der Waals surface area contributed by atoms with E-state index in [2.05, 4.69) is 0 Å². The molecule has 2 rings (SSSR count). The average molecular weight is 196 g/mol. The number of rotatable bonds is 2. The Balaban J connectivity index is 1.92. The summed E-state index contributed by atoms with van der Waals surface area (Å²) in [6.07, 6.45) is 4.75. The van der Waals surface area contributed by atoms with Crippen molar-refractivity contribution in [2.75, 3.05) is 13.4 Å². The summed E-state index contributed by atoms with van der Waals surface area (Å²) in [7, 11) is 0. The summed E-state index contributed by atoms with van der Waals surface area (Å²) < 4.78 is 15.3. The minimum Gasteiger partial charge on any atom is -0.465 e. The Bertz CT molecular complexity index is 303. The van der Waals surface area contributed by atoms with Crippen LogP contribution in [0.25, 0.3) is 0 Å². The molecule has 0 saturated carbocycles. The number of ether oxygens (including phenoxy) is 3. The Hall–Kier alpha value is -1.45. The molecule has 0 bridgehead atoms. The molecule has 4 heteroatoms. The first-order valence-electron chi connectivity index (χ1n) is 4.57. The minimum absolute atomic E-state index is 0.208. The van der Waals surface area contributed by atoms with Crippen LogP contribution in [0.4, 0.5) is 0 Å². The molecule has 4 nitrogen and oxygen atoms in total. The number of fused-ring (bicyclic) bond motifs is 1. The van der Waals surface area contributed by atoms with Crippen LogP contribution in [0.2, 0.25) is 0 Å². The number of esters is 1. The maximum atomic E-state index is 10.6. The van der Waals surface area contributed by atoms with Gasteiger partial charge in [0.15, 0.2) is 11.5 Å². The normalized spacial score (nSPS) is 23.9. The maximum Gasteiger partial charge on any atom is 0.302 e. The van der Waals surface area contributed by atoms with Crippen LogP contribution in [0.1, 0.15) is 13.3 Å². The predicted molar refractivity (Wildman–Crippen MR) is 47.9 cm³/mol. The summed E-state index contributed by atoms with van der Waals surface area (Å²) in [5, 5.41) is 0. The Morgan fingerprint density at radius 3 is 3.14 bits per heavy atom. The van der Waals surface area contributed by atoms with Crippen molar-refractivity contribution >= 4 is 5.97 Å². The van der Waals surface area contributed by atoms with Crippen LogP contribution in [-0.2, 0) is 19.0 Å². The van der Waals surface area contributed by atoms with Crippen molar-refractivity contribution in [1.82, 2.24) is 0 Å². The lowest BCUT2D eigenvalue weighted by Gasteiger charge is -2.14. The van der Waals surface area contributed by atoms with Gasteiger partial charge < -0.3 is 14.2 Å². The van der Waals surface area contributed by atoms with E-state index in [1.807, 2.05) is 12.2 Å². The van der Waals surface area contributed by atoms with Crippen molar-refractivity contribution in [2.45, 2.75) is 13.3 Å². The summed E-state index contributed by atoms with van der Waals surface area (Å²) in [5.74, 6) is 1.54. The lowest BCUT2D eigenvalue weighted by atomic mass is 10.00. The summed E-state index contributed by atoms with van der Waals surface area (Å²) in [6.45, 7) is 2.11. The Labute approximate surface area is 82.1 Å². The highest BCUT2D eigenvalue weighted by Gasteiger charge is 2.23. The fourth-order valence-electron chi connectivity index (χ4n) is 1.47. The highest BCUT2D eigenvalue weighted by molar-refractivity contribution is 5.65. The van der Waals surface area contributed by atoms with Gasteiger partial charge >= 0.3 is 5.97 Å². The molecular formula is C10H12O4. The van der Waals surface area contributed by atoms with Gasteiger partial charge in [-0.25, -0.2) is 0 Å². The molecule has 14 heavy (non-hydrogen) atoms. The Morgan fingerprint density at radius 1 is 1.57 bits per heavy atom. The number of carbonyl (C=O) groups is 1. The van der Waals surface area contributed by atoms with Crippen molar-refractivity contribution in [3.05, 3.63) is 23.7 Å². The second-order valence-corrected chi connectivity index (χ2v) is 3.30. The zero-order valence-corrected chi connectivity index (χ0v) is 7.99. The van der Waals surface area contributed by atoms with Gasteiger partial charge in [-0.2, -0.15) is 0 Å². The fraction of sp³-hybridized carbons (Fsp3) is 0.500. The van der Waals surface area contributed by atoms with Gasteiger partial charge in [0.25, 0.3) is 0 Å². The molecule has 1 aliphatic carbocycles. The molecule has 0 amide bonds. The smallest absolute Gasteiger partial charge is 0.302 e. The molecule has 0 radical (unpaired) electrons. The van der Waals surface area contributed by atoms with E-state index in [0.29, 0.717) is 6.61 Å². The summed E-state index contributed by atoms with van der Waals surface area (Å²) in [5.41, 5.74) is 0. The number of hydrogen-bond acceptors (Lipinski definition) is 4. The largest absolute Gasteiger partial charge is 0.465 e. The molecule has 0 aromatic heterocycles. The first-order valence-corrected chi connectivity index (χ1v) is 4.57. The molecular weight excluding hydrogens is 184 g/mol. The van der Waals surface area contributed by atoms with Gasteiger partial charge in [0.05, 0.1) is 6.61 Å². The predicted octanol–water partition coefficient (Wildman–Crippen LogP) is 1.34. The van der Waals surface area contributed by atoms with Crippen molar-refractivity contribution in [3.63, 3.8) is 0 Å². The second-order valence-electron chi connectivity index (χ2n) is 3.30. The van der Waals surface area contributed by atoms with E-state index < -0.39 is 0 Å². The summed E-state index contributed by atoms with van der Waals surface area (Å²) in [4.78, 5) is 10.6. The van der Waals surface area contributed by atoms with Gasteiger partial charge in [-0.1, -0.05) is 0 Å². The van der Waals surface area contributed by atoms with Gasteiger partial charge in [0.2, 0.25) is 6.79 Å². The third-order valence-electron chi connectivity index (χ3n) is 2.17. The highest BCUT2D eigenvalue weighted by atomic mass is 16.7. The van der Waals surface area contributed by atoms with Gasteiger partial charge in [-0.05, 0) is 18.6 Å². The highest BCUT2D eigenvalue weighted by Crippen LogP contribution is 2.29. The van der Waals surface area contributed by atoms with E-state index in [1.54, 1.807) is 0 Å². The van der Waals surface area contributed by atoms with Gasteiger partial charge in [-0.3, -0.25) is 4.79 Å². The minimum atomic E-state index is -0.248. The van der Waals surface area contributed by atoms with Gasteiger partial charge in [-0.15, -0.1) is 0 Å². The van der Waals surface area contributed by atoms with Crippen LogP contribution in [0.5, 0.6) is 0 Å². The van der Waals surface area contributed by atoms with Crippen LogP contribution >= 0.6 is 0 Å². The van der Waals surface area contributed by atoms with E-state index in [9.17, 15) is 4.79 Å². The van der Waals surface area contributed by atoms with Crippen LogP contribution in [0, 0.1) is 5.92 Å². The lowest BCUT2D eigenvalue weighted by Crippen LogP contribution is -2.12. The lowest BCUT2D eigenvalue weighted by molar-refractivity contribution is -0.141. The zero-order valence-electron chi connectivity index (χ0n) is 7.99. The summed E-state index contributed by atoms with van der Waals surface area (Å²) in [6, 6.07) is 0. The SMILES string of the molecule is CC(=O)OCC1C=C2OCOC2=CC1. The molecule has 1 heterocycles. The average Bonchev–Trinajstić information content (AvgIpc) is 2.61. The van der Waals surface area contributed by atoms with E-state index in [0.717, 1.165) is 17.9 Å². The summed E-state index contributed by atoms with van der Waals surface area (Å²) >= 11 is 0. The molecule has 1 saturated heterocycles.